The van der Waals surface area contributed by atoms with Crippen molar-refractivity contribution in [1.82, 2.24) is 9.80 Å². The van der Waals surface area contributed by atoms with Gasteiger partial charge in [0, 0.05) is 43.3 Å². The van der Waals surface area contributed by atoms with E-state index in [0.717, 1.165) is 19.6 Å². The van der Waals surface area contributed by atoms with Crippen LogP contribution >= 0.6 is 0 Å². The number of carbonyl (C=O) groups excluding carboxylic acids is 1. The van der Waals surface area contributed by atoms with Gasteiger partial charge < -0.3 is 10.2 Å². The van der Waals surface area contributed by atoms with Crippen LogP contribution < -0.4 is 5.32 Å². The lowest BCUT2D eigenvalue weighted by atomic mass is 10.0. The second-order valence-electron chi connectivity index (χ2n) is 9.28. The van der Waals surface area contributed by atoms with Gasteiger partial charge >= 0.3 is 0 Å². The van der Waals surface area contributed by atoms with Gasteiger partial charge in [0.15, 0.2) is 0 Å². The first-order chi connectivity index (χ1) is 13.2. The molecule has 0 aromatic heterocycles. The topological polar surface area (TPSA) is 35.6 Å². The summed E-state index contributed by atoms with van der Waals surface area (Å²) in [5.74, 6) is 2.14. The van der Waals surface area contributed by atoms with E-state index in [1.54, 1.807) is 0 Å². The summed E-state index contributed by atoms with van der Waals surface area (Å²) in [6, 6.07) is 9.75. The molecule has 2 saturated carbocycles. The summed E-state index contributed by atoms with van der Waals surface area (Å²) >= 11 is 0. The van der Waals surface area contributed by atoms with Gasteiger partial charge in [-0.25, -0.2) is 0 Å². The molecule has 4 nitrogen and oxygen atoms in total. The first kappa shape index (κ1) is 17.5. The smallest absolute Gasteiger partial charge is 0.226 e. The normalized spacial score (nSPS) is 36.2. The number of para-hydroxylation sites is 1. The fourth-order valence-corrected chi connectivity index (χ4v) is 6.12. The summed E-state index contributed by atoms with van der Waals surface area (Å²) in [5, 5.41) is 3.65. The predicted molar refractivity (Wildman–Crippen MR) is 108 cm³/mol. The number of amides is 1. The number of hydrogen-bond acceptors (Lipinski definition) is 3. The average Bonchev–Trinajstić information content (AvgIpc) is 3.32. The molecule has 1 saturated heterocycles. The van der Waals surface area contributed by atoms with Crippen LogP contribution in [-0.2, 0) is 11.3 Å². The van der Waals surface area contributed by atoms with E-state index in [1.807, 2.05) is 0 Å². The third kappa shape index (κ3) is 3.26. The van der Waals surface area contributed by atoms with Crippen LogP contribution in [0.5, 0.6) is 0 Å². The third-order valence-corrected chi connectivity index (χ3v) is 7.84. The van der Waals surface area contributed by atoms with E-state index in [-0.39, 0.29) is 0 Å². The van der Waals surface area contributed by atoms with Crippen molar-refractivity contribution in [3.05, 3.63) is 29.8 Å². The van der Waals surface area contributed by atoms with Crippen molar-refractivity contribution in [2.75, 3.05) is 25.5 Å². The van der Waals surface area contributed by atoms with Gasteiger partial charge in [0.05, 0.1) is 0 Å². The first-order valence-corrected chi connectivity index (χ1v) is 11.0. The number of nitrogens with zero attached hydrogens (tertiary/aromatic N) is 2. The quantitative estimate of drug-likeness (QED) is 0.821. The van der Waals surface area contributed by atoms with E-state index < -0.39 is 0 Å². The Kier molecular flexibility index (Phi) is 4.63. The highest BCUT2D eigenvalue weighted by Gasteiger charge is 2.56. The van der Waals surface area contributed by atoms with Crippen LogP contribution in [0.15, 0.2) is 24.3 Å². The molecule has 4 aliphatic rings. The fourth-order valence-electron chi connectivity index (χ4n) is 6.12. The van der Waals surface area contributed by atoms with Crippen molar-refractivity contribution in [2.24, 2.45) is 17.8 Å². The van der Waals surface area contributed by atoms with E-state index in [1.165, 1.54) is 56.2 Å². The highest BCUT2D eigenvalue weighted by molar-refractivity contribution is 5.82. The standard InChI is InChI=1S/C23H33N3O/c1-25-17-10-11-18(25)15-26(23(27)22-19-7-3-4-8-20(19)22)14-16-6-2-5-9-21(16)24-13-12-17/h2,5-6,9,17-20,22,24H,3-4,7-8,10-15H2,1H3/t17-,18+,19?,20?,22?/m0/s1. The Labute approximate surface area is 163 Å². The molecule has 2 unspecified atom stereocenters. The number of nitrogens with one attached hydrogen (secondary N) is 1. The zero-order chi connectivity index (χ0) is 18.4. The Balaban J connectivity index is 1.42. The van der Waals surface area contributed by atoms with Gasteiger partial charge in [-0.1, -0.05) is 31.0 Å². The number of rotatable bonds is 1. The maximum absolute atomic E-state index is 13.6. The van der Waals surface area contributed by atoms with Gasteiger partial charge in [0.25, 0.3) is 0 Å². The van der Waals surface area contributed by atoms with Crippen LogP contribution in [0.2, 0.25) is 0 Å². The average molecular weight is 368 g/mol. The molecule has 2 aliphatic heterocycles. The van der Waals surface area contributed by atoms with Crippen LogP contribution in [0.4, 0.5) is 5.69 Å². The third-order valence-electron chi connectivity index (χ3n) is 7.84. The number of benzene rings is 1. The van der Waals surface area contributed by atoms with E-state index in [2.05, 4.69) is 46.4 Å². The van der Waals surface area contributed by atoms with Crippen LogP contribution in [0.25, 0.3) is 0 Å². The van der Waals surface area contributed by atoms with E-state index in [9.17, 15) is 4.79 Å². The van der Waals surface area contributed by atoms with Crippen molar-refractivity contribution in [2.45, 2.75) is 63.6 Å². The molecule has 1 aromatic rings. The fraction of sp³-hybridized carbons (Fsp3) is 0.696. The molecule has 27 heavy (non-hydrogen) atoms. The van der Waals surface area contributed by atoms with Crippen LogP contribution in [0, 0.1) is 17.8 Å². The minimum Gasteiger partial charge on any atom is -0.385 e. The van der Waals surface area contributed by atoms with Crippen molar-refractivity contribution in [1.29, 1.82) is 0 Å². The molecule has 2 aliphatic carbocycles. The monoisotopic (exact) mass is 367 g/mol. The summed E-state index contributed by atoms with van der Waals surface area (Å²) in [5.41, 5.74) is 2.49. The maximum Gasteiger partial charge on any atom is 0.226 e. The number of likely N-dealkylation sites (N-methyl/N-ethyl adjacent to an activating group) is 1. The van der Waals surface area contributed by atoms with E-state index in [4.69, 9.17) is 0 Å². The number of carbonyl (C=O) groups is 1. The zero-order valence-electron chi connectivity index (χ0n) is 16.6. The lowest BCUT2D eigenvalue weighted by Crippen LogP contribution is -2.44. The van der Waals surface area contributed by atoms with Gasteiger partial charge in [-0.3, -0.25) is 9.69 Å². The largest absolute Gasteiger partial charge is 0.385 e. The van der Waals surface area contributed by atoms with Gasteiger partial charge in [-0.2, -0.15) is 0 Å². The van der Waals surface area contributed by atoms with Crippen LogP contribution in [0.3, 0.4) is 0 Å². The highest BCUT2D eigenvalue weighted by Crippen LogP contribution is 2.56. The molecule has 146 valence electrons. The van der Waals surface area contributed by atoms with Crippen molar-refractivity contribution in [3.8, 4) is 0 Å². The molecule has 1 N–H and O–H groups in total. The minimum absolute atomic E-state index is 0.320. The maximum atomic E-state index is 13.6. The predicted octanol–water partition coefficient (Wildman–Crippen LogP) is 3.73. The Morgan fingerprint density at radius 3 is 2.56 bits per heavy atom. The van der Waals surface area contributed by atoms with Crippen molar-refractivity contribution < 1.29 is 4.79 Å². The second kappa shape index (κ2) is 7.12. The second-order valence-corrected chi connectivity index (χ2v) is 9.28. The molecule has 4 heteroatoms. The molecule has 1 aromatic carbocycles. The number of hydrogen-bond donors (Lipinski definition) is 1. The summed E-state index contributed by atoms with van der Waals surface area (Å²) in [7, 11) is 2.27. The van der Waals surface area contributed by atoms with Crippen LogP contribution in [-0.4, -0.2) is 47.9 Å². The number of fused-ring (bicyclic) bond motifs is 4. The molecular weight excluding hydrogens is 334 g/mol. The van der Waals surface area contributed by atoms with Crippen molar-refractivity contribution in [3.63, 3.8) is 0 Å². The SMILES string of the molecule is CN1[C@@H]2CCNc3ccccc3CN(C(=O)C3C4CCCCC43)C[C@H]1CC2. The molecule has 2 heterocycles. The molecule has 3 fully saturated rings. The minimum atomic E-state index is 0.320. The summed E-state index contributed by atoms with van der Waals surface area (Å²) < 4.78 is 0. The van der Waals surface area contributed by atoms with Gasteiger partial charge in [0.2, 0.25) is 5.91 Å². The number of anilines is 1. The molecule has 4 atom stereocenters. The summed E-state index contributed by atoms with van der Waals surface area (Å²) in [4.78, 5) is 18.3. The van der Waals surface area contributed by atoms with Gasteiger partial charge in [-0.05, 0) is 62.6 Å². The zero-order valence-corrected chi connectivity index (χ0v) is 16.6. The Hall–Kier alpha value is -1.55. The molecule has 0 radical (unpaired) electrons. The van der Waals surface area contributed by atoms with Gasteiger partial charge in [0.1, 0.15) is 0 Å². The van der Waals surface area contributed by atoms with E-state index in [0.29, 0.717) is 35.7 Å². The summed E-state index contributed by atoms with van der Waals surface area (Å²) in [6.07, 6.45) is 8.87. The molecule has 2 bridgehead atoms. The lowest BCUT2D eigenvalue weighted by molar-refractivity contribution is -0.134. The van der Waals surface area contributed by atoms with Crippen molar-refractivity contribution >= 4 is 11.6 Å². The lowest BCUT2D eigenvalue weighted by Gasteiger charge is -2.31. The Morgan fingerprint density at radius 2 is 1.74 bits per heavy atom. The first-order valence-electron chi connectivity index (χ1n) is 11.0. The van der Waals surface area contributed by atoms with Gasteiger partial charge in [-0.15, -0.1) is 0 Å². The highest BCUT2D eigenvalue weighted by atomic mass is 16.2. The summed E-state index contributed by atoms with van der Waals surface area (Å²) in [6.45, 7) is 2.67. The van der Waals surface area contributed by atoms with E-state index >= 15 is 0 Å². The van der Waals surface area contributed by atoms with Crippen LogP contribution in [0.1, 0.15) is 50.5 Å². The Bertz CT molecular complexity index is 693. The molecular formula is C23H33N3O. The molecule has 0 spiro atoms. The molecule has 5 rings (SSSR count). The Morgan fingerprint density at radius 1 is 1.00 bits per heavy atom. The molecule has 1 amide bonds.